The number of pyridine rings is 2. The minimum atomic E-state index is -3.40. The number of hydrogen-bond donors (Lipinski definition) is 3. The Balaban J connectivity index is 1.69. The molecule has 0 bridgehead atoms. The van der Waals surface area contributed by atoms with E-state index in [2.05, 4.69) is 10.3 Å². The average molecular weight is 519 g/mol. The van der Waals surface area contributed by atoms with E-state index >= 15 is 0 Å². The van der Waals surface area contributed by atoms with Crippen molar-refractivity contribution in [3.63, 3.8) is 0 Å². The molecule has 10 nitrogen and oxygen atoms in total. The number of fused-ring (bicyclic) bond motifs is 1. The number of benzene rings is 1. The molecule has 36 heavy (non-hydrogen) atoms. The molecule has 0 aliphatic carbocycles. The van der Waals surface area contributed by atoms with Gasteiger partial charge in [-0.25, -0.2) is 12.8 Å². The number of carbonyl (C=O) groups is 1. The molecular formula is C24H27FN4O6S. The van der Waals surface area contributed by atoms with E-state index < -0.39 is 38.6 Å². The zero-order chi connectivity index (χ0) is 26.0. The molecule has 1 aromatic carbocycles. The van der Waals surface area contributed by atoms with Gasteiger partial charge in [0, 0.05) is 32.9 Å². The number of aromatic nitrogens is 2. The van der Waals surface area contributed by atoms with E-state index in [9.17, 15) is 27.5 Å². The number of aromatic hydroxyl groups is 1. The first kappa shape index (κ1) is 25.7. The number of rotatable bonds is 7. The molecule has 0 saturated carbocycles. The van der Waals surface area contributed by atoms with Crippen LogP contribution in [0.2, 0.25) is 0 Å². The van der Waals surface area contributed by atoms with Crippen LogP contribution in [0.15, 0.2) is 35.3 Å². The molecule has 2 aromatic heterocycles. The Morgan fingerprint density at radius 3 is 2.72 bits per heavy atom. The fourth-order valence-electron chi connectivity index (χ4n) is 4.33. The molecule has 0 unspecified atom stereocenters. The molecule has 192 valence electrons. The maximum Gasteiger partial charge on any atom is 0.267 e. The van der Waals surface area contributed by atoms with Gasteiger partial charge in [0.15, 0.2) is 5.75 Å². The van der Waals surface area contributed by atoms with Crippen LogP contribution in [0.5, 0.6) is 5.75 Å². The van der Waals surface area contributed by atoms with Crippen LogP contribution >= 0.6 is 0 Å². The summed E-state index contributed by atoms with van der Waals surface area (Å²) >= 11 is 0. The number of hydrogen-bond acceptors (Lipinski definition) is 7. The van der Waals surface area contributed by atoms with Crippen molar-refractivity contribution in [2.75, 3.05) is 25.4 Å². The molecule has 3 aromatic rings. The lowest BCUT2D eigenvalue weighted by atomic mass is 9.99. The Labute approximate surface area is 207 Å². The quantitative estimate of drug-likeness (QED) is 0.424. The van der Waals surface area contributed by atoms with Crippen LogP contribution in [0.4, 0.5) is 4.39 Å². The summed E-state index contributed by atoms with van der Waals surface area (Å²) in [5, 5.41) is 21.9. The fourth-order valence-corrected chi connectivity index (χ4v) is 5.90. The second-order valence-corrected chi connectivity index (χ2v) is 10.8. The summed E-state index contributed by atoms with van der Waals surface area (Å²) in [6.07, 6.45) is 3.11. The van der Waals surface area contributed by atoms with Gasteiger partial charge in [0.1, 0.15) is 16.9 Å². The highest BCUT2D eigenvalue weighted by Crippen LogP contribution is 2.27. The number of amides is 1. The van der Waals surface area contributed by atoms with Gasteiger partial charge in [-0.05, 0) is 54.2 Å². The van der Waals surface area contributed by atoms with E-state index in [0.717, 1.165) is 6.42 Å². The lowest BCUT2D eigenvalue weighted by Crippen LogP contribution is -2.37. The van der Waals surface area contributed by atoms with Gasteiger partial charge in [-0.2, -0.15) is 4.31 Å². The number of carbonyl (C=O) groups excluding carboxylic acids is 1. The van der Waals surface area contributed by atoms with Gasteiger partial charge in [0.05, 0.1) is 17.9 Å². The van der Waals surface area contributed by atoms with E-state index in [4.69, 9.17) is 5.11 Å². The van der Waals surface area contributed by atoms with Crippen LogP contribution in [-0.2, 0) is 30.0 Å². The van der Waals surface area contributed by atoms with E-state index in [0.29, 0.717) is 29.7 Å². The summed E-state index contributed by atoms with van der Waals surface area (Å²) in [5.74, 6) is -1.78. The Morgan fingerprint density at radius 2 is 2.00 bits per heavy atom. The molecule has 1 aliphatic rings. The topological polar surface area (TPSA) is 142 Å². The molecular weight excluding hydrogens is 491 g/mol. The van der Waals surface area contributed by atoms with Crippen molar-refractivity contribution in [3.05, 3.63) is 68.9 Å². The number of aliphatic hydroxyl groups excluding tert-OH is 1. The molecule has 1 amide bonds. The standard InChI is InChI=1S/C24H27FN4O6S/c1-28-19-11-15(13-27-21(19)22(31)20(24(28)33)23(32)26-6-8-30)10-16-4-5-18(25)12-17(16)14-29-7-2-3-9-36(29,34)35/h4-5,11-13,30-31H,2-3,6-10,14H2,1H3,(H,26,32). The van der Waals surface area contributed by atoms with E-state index in [1.165, 1.54) is 34.2 Å². The van der Waals surface area contributed by atoms with Crippen LogP contribution in [0.3, 0.4) is 0 Å². The second-order valence-electron chi connectivity index (χ2n) is 8.73. The minimum Gasteiger partial charge on any atom is -0.505 e. The average Bonchev–Trinajstić information content (AvgIpc) is 2.84. The Kier molecular flexibility index (Phi) is 7.38. The molecule has 3 N–H and O–H groups in total. The van der Waals surface area contributed by atoms with Gasteiger partial charge in [-0.1, -0.05) is 6.07 Å². The van der Waals surface area contributed by atoms with Crippen molar-refractivity contribution in [3.8, 4) is 5.75 Å². The highest BCUT2D eigenvalue weighted by Gasteiger charge is 2.27. The molecule has 0 radical (unpaired) electrons. The molecule has 12 heteroatoms. The molecule has 3 heterocycles. The number of aryl methyl sites for hydroxylation is 1. The zero-order valence-corrected chi connectivity index (χ0v) is 20.5. The molecule has 1 fully saturated rings. The van der Waals surface area contributed by atoms with Gasteiger partial charge < -0.3 is 20.1 Å². The van der Waals surface area contributed by atoms with Crippen molar-refractivity contribution in [2.24, 2.45) is 7.05 Å². The van der Waals surface area contributed by atoms with E-state index in [1.807, 2.05) is 0 Å². The van der Waals surface area contributed by atoms with Gasteiger partial charge >= 0.3 is 0 Å². The van der Waals surface area contributed by atoms with Gasteiger partial charge in [0.2, 0.25) is 10.0 Å². The van der Waals surface area contributed by atoms with Crippen molar-refractivity contribution >= 4 is 27.0 Å². The third-order valence-corrected chi connectivity index (χ3v) is 8.16. The monoisotopic (exact) mass is 518 g/mol. The summed E-state index contributed by atoms with van der Waals surface area (Å²) in [5.41, 5.74) is 1.02. The maximum atomic E-state index is 14.1. The fraction of sp³-hybridized carbons (Fsp3) is 0.375. The van der Waals surface area contributed by atoms with Crippen molar-refractivity contribution < 1.29 is 27.8 Å². The van der Waals surface area contributed by atoms with Gasteiger partial charge in [-0.3, -0.25) is 14.6 Å². The van der Waals surface area contributed by atoms with Crippen molar-refractivity contribution in [1.82, 2.24) is 19.2 Å². The van der Waals surface area contributed by atoms with E-state index in [1.54, 1.807) is 12.1 Å². The summed E-state index contributed by atoms with van der Waals surface area (Å²) < 4.78 is 41.5. The highest BCUT2D eigenvalue weighted by atomic mass is 32.2. The summed E-state index contributed by atoms with van der Waals surface area (Å²) in [4.78, 5) is 29.4. The first-order valence-electron chi connectivity index (χ1n) is 11.5. The van der Waals surface area contributed by atoms with Crippen molar-refractivity contribution in [1.29, 1.82) is 0 Å². The van der Waals surface area contributed by atoms with Crippen LogP contribution in [-0.4, -0.2) is 63.8 Å². The molecule has 1 aliphatic heterocycles. The first-order chi connectivity index (χ1) is 17.1. The Hall–Kier alpha value is -3.35. The number of nitrogens with one attached hydrogen (secondary N) is 1. The smallest absolute Gasteiger partial charge is 0.267 e. The predicted octanol–water partition coefficient (Wildman–Crippen LogP) is 1.02. The largest absolute Gasteiger partial charge is 0.505 e. The van der Waals surface area contributed by atoms with Crippen molar-refractivity contribution in [2.45, 2.75) is 25.8 Å². The highest BCUT2D eigenvalue weighted by molar-refractivity contribution is 7.89. The normalized spacial score (nSPS) is 15.8. The molecule has 0 spiro atoms. The lowest BCUT2D eigenvalue weighted by Gasteiger charge is -2.27. The number of aliphatic hydroxyl groups is 1. The lowest BCUT2D eigenvalue weighted by molar-refractivity contribution is 0.0940. The summed E-state index contributed by atoms with van der Waals surface area (Å²) in [6.45, 7) is 0.0368. The van der Waals surface area contributed by atoms with Crippen LogP contribution < -0.4 is 10.9 Å². The zero-order valence-electron chi connectivity index (χ0n) is 19.7. The Morgan fingerprint density at radius 1 is 1.22 bits per heavy atom. The van der Waals surface area contributed by atoms with Crippen LogP contribution in [0.1, 0.15) is 39.9 Å². The van der Waals surface area contributed by atoms with Gasteiger partial charge in [0.25, 0.3) is 11.5 Å². The number of halogens is 1. The number of sulfonamides is 1. The Bertz CT molecular complexity index is 1490. The van der Waals surface area contributed by atoms with Gasteiger partial charge in [-0.15, -0.1) is 0 Å². The predicted molar refractivity (Wildman–Crippen MR) is 131 cm³/mol. The van der Waals surface area contributed by atoms with Crippen LogP contribution in [0.25, 0.3) is 11.0 Å². The third kappa shape index (κ3) is 5.11. The summed E-state index contributed by atoms with van der Waals surface area (Å²) in [6, 6.07) is 5.86. The van der Waals surface area contributed by atoms with E-state index in [-0.39, 0.29) is 42.9 Å². The molecule has 4 rings (SSSR count). The van der Waals surface area contributed by atoms with Crippen LogP contribution in [0, 0.1) is 5.82 Å². The minimum absolute atomic E-state index is 0.0498. The third-order valence-electron chi connectivity index (χ3n) is 6.25. The maximum absolute atomic E-state index is 14.1. The first-order valence-corrected chi connectivity index (χ1v) is 13.1. The second kappa shape index (κ2) is 10.3. The molecule has 0 atom stereocenters. The molecule has 1 saturated heterocycles. The number of nitrogens with zero attached hydrogens (tertiary/aromatic N) is 3. The SMILES string of the molecule is Cn1c(=O)c(C(=O)NCCO)c(O)c2ncc(Cc3ccc(F)cc3CN3CCCCS3(=O)=O)cc21. The summed E-state index contributed by atoms with van der Waals surface area (Å²) in [7, 11) is -1.95.